The number of aliphatic hydroxyl groups excluding tert-OH is 1. The molecule has 0 aliphatic carbocycles. The highest BCUT2D eigenvalue weighted by Crippen LogP contribution is 2.38. The van der Waals surface area contributed by atoms with Crippen LogP contribution in [0, 0.1) is 0 Å². The number of aliphatic hydroxyl groups is 1. The van der Waals surface area contributed by atoms with Crippen molar-refractivity contribution in [3.05, 3.63) is 65.2 Å². The van der Waals surface area contributed by atoms with Crippen LogP contribution in [-0.4, -0.2) is 65.9 Å². The van der Waals surface area contributed by atoms with Gasteiger partial charge in [-0.15, -0.1) is 0 Å². The lowest BCUT2D eigenvalue weighted by atomic mass is 9.99. The first-order valence-corrected chi connectivity index (χ1v) is 12.9. The van der Waals surface area contributed by atoms with Crippen molar-refractivity contribution in [2.45, 2.75) is 57.2 Å². The van der Waals surface area contributed by atoms with Crippen LogP contribution in [-0.2, 0) is 30.4 Å². The number of amides is 1. The van der Waals surface area contributed by atoms with Gasteiger partial charge in [-0.3, -0.25) is 14.5 Å². The van der Waals surface area contributed by atoms with Crippen LogP contribution in [0.3, 0.4) is 0 Å². The van der Waals surface area contributed by atoms with Crippen LogP contribution < -0.4 is 5.32 Å². The molecule has 37 heavy (non-hydrogen) atoms. The zero-order valence-electron chi connectivity index (χ0n) is 21.0. The lowest BCUT2D eigenvalue weighted by molar-refractivity contribution is -0.253. The third-order valence-electron chi connectivity index (χ3n) is 6.69. The summed E-state index contributed by atoms with van der Waals surface area (Å²) in [5.74, 6) is -0.986. The number of carbonyl (C=O) groups is 2. The second-order valence-electron chi connectivity index (χ2n) is 9.53. The monoisotopic (exact) mass is 512 g/mol. The number of carboxylic acids is 1. The maximum absolute atomic E-state index is 12.2. The maximum atomic E-state index is 12.2. The number of morpholine rings is 1. The molecule has 0 saturated carbocycles. The first-order chi connectivity index (χ1) is 18.0. The van der Waals surface area contributed by atoms with Crippen molar-refractivity contribution < 1.29 is 34.0 Å². The molecule has 2 aromatic carbocycles. The van der Waals surface area contributed by atoms with Crippen LogP contribution in [0.1, 0.15) is 61.2 Å². The van der Waals surface area contributed by atoms with Crippen LogP contribution in [0.5, 0.6) is 0 Å². The summed E-state index contributed by atoms with van der Waals surface area (Å²) in [6.07, 6.45) is 1.36. The van der Waals surface area contributed by atoms with E-state index in [4.69, 9.17) is 19.3 Å². The first kappa shape index (κ1) is 27.2. The molecule has 2 heterocycles. The van der Waals surface area contributed by atoms with Crippen molar-refractivity contribution in [3.8, 4) is 0 Å². The van der Waals surface area contributed by atoms with E-state index in [1.807, 2.05) is 48.5 Å². The molecule has 2 saturated heterocycles. The number of hydrogen-bond donors (Lipinski definition) is 3. The van der Waals surface area contributed by atoms with E-state index in [9.17, 15) is 14.7 Å². The number of ether oxygens (including phenoxy) is 3. The SMILES string of the molecule is O=C(O)CCCCC(=O)Nc1ccc([C@H]2O[C@@H](CN3CCOCC3)C[C@@H](c3ccc(CO)cc3)O2)cc1. The number of hydrogen-bond acceptors (Lipinski definition) is 7. The molecule has 0 aromatic heterocycles. The Morgan fingerprint density at radius 1 is 0.919 bits per heavy atom. The largest absolute Gasteiger partial charge is 0.481 e. The number of nitrogens with one attached hydrogen (secondary N) is 1. The molecular weight excluding hydrogens is 476 g/mol. The predicted octanol–water partition coefficient (Wildman–Crippen LogP) is 3.64. The average molecular weight is 513 g/mol. The van der Waals surface area contributed by atoms with Gasteiger partial charge in [0.15, 0.2) is 6.29 Å². The molecule has 2 aromatic rings. The van der Waals surface area contributed by atoms with E-state index >= 15 is 0 Å². The van der Waals surface area contributed by atoms with Crippen LogP contribution in [0.4, 0.5) is 5.69 Å². The first-order valence-electron chi connectivity index (χ1n) is 12.9. The van der Waals surface area contributed by atoms with Crippen molar-refractivity contribution in [1.82, 2.24) is 4.90 Å². The van der Waals surface area contributed by atoms with E-state index in [0.717, 1.165) is 56.0 Å². The third kappa shape index (κ3) is 8.34. The van der Waals surface area contributed by atoms with Gasteiger partial charge in [-0.1, -0.05) is 36.4 Å². The number of carboxylic acid groups (broad SMARTS) is 1. The van der Waals surface area contributed by atoms with Crippen LogP contribution in [0.15, 0.2) is 48.5 Å². The van der Waals surface area contributed by atoms with E-state index < -0.39 is 12.3 Å². The molecule has 2 aliphatic rings. The smallest absolute Gasteiger partial charge is 0.303 e. The summed E-state index contributed by atoms with van der Waals surface area (Å²) in [5.41, 5.74) is 3.44. The summed E-state index contributed by atoms with van der Waals surface area (Å²) < 4.78 is 18.3. The van der Waals surface area contributed by atoms with Crippen molar-refractivity contribution in [2.75, 3.05) is 38.2 Å². The Kier molecular flexibility index (Phi) is 10.0. The number of anilines is 1. The minimum atomic E-state index is -0.847. The van der Waals surface area contributed by atoms with Gasteiger partial charge in [0, 0.05) is 50.1 Å². The molecule has 0 unspecified atom stereocenters. The Balaban J connectivity index is 1.40. The molecule has 4 rings (SSSR count). The van der Waals surface area contributed by atoms with Crippen LogP contribution >= 0.6 is 0 Å². The summed E-state index contributed by atoms with van der Waals surface area (Å²) in [4.78, 5) is 25.1. The molecule has 3 N–H and O–H groups in total. The molecule has 9 heteroatoms. The molecule has 0 bridgehead atoms. The highest BCUT2D eigenvalue weighted by atomic mass is 16.7. The van der Waals surface area contributed by atoms with E-state index in [2.05, 4.69) is 10.2 Å². The Labute approximate surface area is 217 Å². The quantitative estimate of drug-likeness (QED) is 0.391. The third-order valence-corrected chi connectivity index (χ3v) is 6.69. The number of unbranched alkanes of at least 4 members (excludes halogenated alkanes) is 1. The average Bonchev–Trinajstić information content (AvgIpc) is 2.92. The van der Waals surface area contributed by atoms with Crippen LogP contribution in [0.25, 0.3) is 0 Å². The normalized spacial score (nSPS) is 22.5. The zero-order chi connectivity index (χ0) is 26.0. The Bertz CT molecular complexity index is 1010. The van der Waals surface area contributed by atoms with E-state index in [1.54, 1.807) is 0 Å². The van der Waals surface area contributed by atoms with Crippen LogP contribution in [0.2, 0.25) is 0 Å². The number of aliphatic carboxylic acids is 1. The standard InChI is InChI=1S/C28H36N2O7/c31-19-20-5-7-21(8-6-20)25-17-24(18-30-13-15-35-16-14-30)36-28(37-25)22-9-11-23(12-10-22)29-26(32)3-1-2-4-27(33)34/h5-12,24-25,28,31H,1-4,13-19H2,(H,29,32)(H,33,34)/t24-,25+,28+/m1/s1. The van der Waals surface area contributed by atoms with Gasteiger partial charge in [-0.2, -0.15) is 0 Å². The lowest BCUT2D eigenvalue weighted by Gasteiger charge is -2.39. The fourth-order valence-electron chi connectivity index (χ4n) is 4.61. The van der Waals surface area contributed by atoms with Gasteiger partial charge in [0.25, 0.3) is 0 Å². The van der Waals surface area contributed by atoms with Gasteiger partial charge >= 0.3 is 5.97 Å². The number of rotatable bonds is 11. The molecule has 0 spiro atoms. The minimum Gasteiger partial charge on any atom is -0.481 e. The van der Waals surface area contributed by atoms with Crippen molar-refractivity contribution in [2.24, 2.45) is 0 Å². The second kappa shape index (κ2) is 13.6. The van der Waals surface area contributed by atoms with E-state index in [1.165, 1.54) is 0 Å². The molecule has 200 valence electrons. The number of benzene rings is 2. The van der Waals surface area contributed by atoms with Crippen molar-refractivity contribution in [1.29, 1.82) is 0 Å². The van der Waals surface area contributed by atoms with E-state index in [-0.39, 0.29) is 37.6 Å². The summed E-state index contributed by atoms with van der Waals surface area (Å²) in [6.45, 7) is 4.02. The molecule has 9 nitrogen and oxygen atoms in total. The zero-order valence-corrected chi connectivity index (χ0v) is 21.0. The fourth-order valence-corrected chi connectivity index (χ4v) is 4.61. The fraction of sp³-hybridized carbons (Fsp3) is 0.500. The molecule has 2 fully saturated rings. The topological polar surface area (TPSA) is 118 Å². The maximum Gasteiger partial charge on any atom is 0.303 e. The predicted molar refractivity (Wildman–Crippen MR) is 137 cm³/mol. The highest BCUT2D eigenvalue weighted by Gasteiger charge is 2.33. The summed E-state index contributed by atoms with van der Waals surface area (Å²) >= 11 is 0. The summed E-state index contributed by atoms with van der Waals surface area (Å²) in [5, 5.41) is 21.0. The molecular formula is C28H36N2O7. The van der Waals surface area contributed by atoms with Gasteiger partial charge in [0.1, 0.15) is 0 Å². The Morgan fingerprint density at radius 2 is 1.59 bits per heavy atom. The molecule has 3 atom stereocenters. The summed E-state index contributed by atoms with van der Waals surface area (Å²) in [6, 6.07) is 15.3. The van der Waals surface area contributed by atoms with Crippen molar-refractivity contribution in [3.63, 3.8) is 0 Å². The van der Waals surface area contributed by atoms with E-state index in [0.29, 0.717) is 18.5 Å². The molecule has 0 radical (unpaired) electrons. The Morgan fingerprint density at radius 3 is 2.27 bits per heavy atom. The highest BCUT2D eigenvalue weighted by molar-refractivity contribution is 5.90. The molecule has 1 amide bonds. The number of carbonyl (C=O) groups excluding carboxylic acids is 1. The van der Waals surface area contributed by atoms with Gasteiger partial charge in [0.05, 0.1) is 32.0 Å². The Hall–Kier alpha value is -2.82. The van der Waals surface area contributed by atoms with Gasteiger partial charge in [-0.05, 0) is 36.1 Å². The lowest BCUT2D eigenvalue weighted by Crippen LogP contribution is -2.44. The second-order valence-corrected chi connectivity index (χ2v) is 9.53. The van der Waals surface area contributed by atoms with Gasteiger partial charge in [-0.25, -0.2) is 0 Å². The minimum absolute atomic E-state index is 0.00240. The summed E-state index contributed by atoms with van der Waals surface area (Å²) in [7, 11) is 0. The number of nitrogens with zero attached hydrogens (tertiary/aromatic N) is 1. The van der Waals surface area contributed by atoms with Gasteiger partial charge < -0.3 is 29.7 Å². The molecule has 2 aliphatic heterocycles. The van der Waals surface area contributed by atoms with Crippen molar-refractivity contribution >= 4 is 17.6 Å². The van der Waals surface area contributed by atoms with Gasteiger partial charge in [0.2, 0.25) is 5.91 Å².